The van der Waals surface area contributed by atoms with Gasteiger partial charge in [-0.2, -0.15) is 15.3 Å². The smallest absolute Gasteiger partial charge is 0.249 e. The minimum Gasteiger partial charge on any atom is -0.365 e. The lowest BCUT2D eigenvalue weighted by Crippen LogP contribution is -2.05. The van der Waals surface area contributed by atoms with Crippen LogP contribution in [-0.2, 0) is 0 Å². The van der Waals surface area contributed by atoms with Crippen LogP contribution in [0.2, 0.25) is 0 Å². The van der Waals surface area contributed by atoms with Crippen LogP contribution in [0.5, 0.6) is 0 Å². The second kappa shape index (κ2) is 6.12. The Labute approximate surface area is 110 Å². The monoisotopic (exact) mass is 252 g/mol. The standard InChI is InChI=1S/C13H12N6/c1-2-6-15-12-9-16-19-13(18-12)17-11-5-3-4-10(7-11)8-14/h2-5,7,9H,1,6H2,(H2,15,17,18,19). The van der Waals surface area contributed by atoms with E-state index in [2.05, 4.69) is 38.5 Å². The van der Waals surface area contributed by atoms with E-state index in [0.29, 0.717) is 23.9 Å². The normalized spacial score (nSPS) is 9.42. The van der Waals surface area contributed by atoms with E-state index >= 15 is 0 Å². The molecule has 1 heterocycles. The zero-order valence-corrected chi connectivity index (χ0v) is 10.2. The van der Waals surface area contributed by atoms with Crippen molar-refractivity contribution < 1.29 is 0 Å². The molecule has 0 unspecified atom stereocenters. The van der Waals surface area contributed by atoms with Crippen molar-refractivity contribution in [2.75, 3.05) is 17.2 Å². The van der Waals surface area contributed by atoms with Gasteiger partial charge in [0.1, 0.15) is 0 Å². The summed E-state index contributed by atoms with van der Waals surface area (Å²) in [7, 11) is 0. The Morgan fingerprint density at radius 2 is 2.32 bits per heavy atom. The van der Waals surface area contributed by atoms with Gasteiger partial charge in [0, 0.05) is 12.2 Å². The SMILES string of the molecule is C=CCNc1cnnc(Nc2cccc(C#N)c2)n1. The van der Waals surface area contributed by atoms with Crippen molar-refractivity contribution in [3.63, 3.8) is 0 Å². The molecular weight excluding hydrogens is 240 g/mol. The van der Waals surface area contributed by atoms with Gasteiger partial charge < -0.3 is 10.6 Å². The predicted molar refractivity (Wildman–Crippen MR) is 73.0 cm³/mol. The van der Waals surface area contributed by atoms with Gasteiger partial charge >= 0.3 is 0 Å². The predicted octanol–water partition coefficient (Wildman–Crippen LogP) is 2.08. The maximum absolute atomic E-state index is 8.83. The minimum absolute atomic E-state index is 0.365. The number of nitriles is 1. The van der Waals surface area contributed by atoms with Crippen molar-refractivity contribution in [3.8, 4) is 6.07 Å². The minimum atomic E-state index is 0.365. The molecule has 0 bridgehead atoms. The molecule has 0 aliphatic rings. The van der Waals surface area contributed by atoms with Crippen LogP contribution in [0, 0.1) is 11.3 Å². The molecule has 0 aliphatic heterocycles. The lowest BCUT2D eigenvalue weighted by Gasteiger charge is -2.06. The van der Waals surface area contributed by atoms with Crippen LogP contribution in [0.3, 0.4) is 0 Å². The molecule has 0 amide bonds. The van der Waals surface area contributed by atoms with Crippen LogP contribution in [0.15, 0.2) is 43.1 Å². The lowest BCUT2D eigenvalue weighted by atomic mass is 10.2. The highest BCUT2D eigenvalue weighted by atomic mass is 15.3. The van der Waals surface area contributed by atoms with Gasteiger partial charge in [0.15, 0.2) is 5.82 Å². The van der Waals surface area contributed by atoms with E-state index in [1.54, 1.807) is 24.3 Å². The molecule has 6 nitrogen and oxygen atoms in total. The van der Waals surface area contributed by atoms with Gasteiger partial charge in [-0.05, 0) is 18.2 Å². The summed E-state index contributed by atoms with van der Waals surface area (Å²) >= 11 is 0. The largest absolute Gasteiger partial charge is 0.365 e. The Kier molecular flexibility index (Phi) is 4.03. The number of anilines is 3. The summed E-state index contributed by atoms with van der Waals surface area (Å²) in [6.07, 6.45) is 3.26. The number of hydrogen-bond acceptors (Lipinski definition) is 6. The first-order chi connectivity index (χ1) is 9.31. The molecule has 0 aliphatic carbocycles. The third-order valence-corrected chi connectivity index (χ3v) is 2.23. The Morgan fingerprint density at radius 3 is 3.11 bits per heavy atom. The lowest BCUT2D eigenvalue weighted by molar-refractivity contribution is 0.976. The molecular formula is C13H12N6. The molecule has 19 heavy (non-hydrogen) atoms. The summed E-state index contributed by atoms with van der Waals surface area (Å²) in [5.41, 5.74) is 1.31. The van der Waals surface area contributed by atoms with Crippen LogP contribution < -0.4 is 10.6 Å². The topological polar surface area (TPSA) is 86.5 Å². The Hall–Kier alpha value is -2.94. The van der Waals surface area contributed by atoms with E-state index in [9.17, 15) is 0 Å². The average Bonchev–Trinajstić information content (AvgIpc) is 2.46. The molecule has 2 aromatic rings. The maximum atomic E-state index is 8.83. The zero-order chi connectivity index (χ0) is 13.5. The molecule has 94 valence electrons. The van der Waals surface area contributed by atoms with Crippen molar-refractivity contribution in [2.45, 2.75) is 0 Å². The van der Waals surface area contributed by atoms with Gasteiger partial charge in [-0.25, -0.2) is 0 Å². The molecule has 1 aromatic heterocycles. The van der Waals surface area contributed by atoms with Crippen molar-refractivity contribution >= 4 is 17.5 Å². The first-order valence-electron chi connectivity index (χ1n) is 5.63. The van der Waals surface area contributed by atoms with Crippen LogP contribution >= 0.6 is 0 Å². The maximum Gasteiger partial charge on any atom is 0.249 e. The van der Waals surface area contributed by atoms with Crippen molar-refractivity contribution in [2.24, 2.45) is 0 Å². The summed E-state index contributed by atoms with van der Waals surface area (Å²) in [4.78, 5) is 4.23. The fraction of sp³-hybridized carbons (Fsp3) is 0.0769. The molecule has 0 radical (unpaired) electrons. The van der Waals surface area contributed by atoms with Crippen LogP contribution in [-0.4, -0.2) is 21.7 Å². The van der Waals surface area contributed by atoms with Crippen LogP contribution in [0.25, 0.3) is 0 Å². The fourth-order valence-corrected chi connectivity index (χ4v) is 1.41. The molecule has 0 atom stereocenters. The molecule has 0 spiro atoms. The number of nitrogens with one attached hydrogen (secondary N) is 2. The molecule has 6 heteroatoms. The summed E-state index contributed by atoms with van der Waals surface area (Å²) in [6.45, 7) is 4.21. The quantitative estimate of drug-likeness (QED) is 0.792. The molecule has 0 saturated carbocycles. The van der Waals surface area contributed by atoms with E-state index in [4.69, 9.17) is 5.26 Å². The highest BCUT2D eigenvalue weighted by Gasteiger charge is 2.01. The Morgan fingerprint density at radius 1 is 1.42 bits per heavy atom. The van der Waals surface area contributed by atoms with Gasteiger partial charge in [0.2, 0.25) is 5.95 Å². The van der Waals surface area contributed by atoms with Crippen molar-refractivity contribution in [1.29, 1.82) is 5.26 Å². The van der Waals surface area contributed by atoms with Crippen LogP contribution in [0.4, 0.5) is 17.5 Å². The van der Waals surface area contributed by atoms with Crippen molar-refractivity contribution in [3.05, 3.63) is 48.7 Å². The summed E-state index contributed by atoms with van der Waals surface area (Å²) in [5.74, 6) is 0.970. The first kappa shape index (κ1) is 12.5. The molecule has 2 N–H and O–H groups in total. The molecule has 0 fully saturated rings. The third kappa shape index (κ3) is 3.51. The average molecular weight is 252 g/mol. The van der Waals surface area contributed by atoms with Gasteiger partial charge in [-0.15, -0.1) is 11.7 Å². The highest BCUT2D eigenvalue weighted by molar-refractivity contribution is 5.56. The number of rotatable bonds is 5. The number of benzene rings is 1. The van der Waals surface area contributed by atoms with E-state index in [1.165, 1.54) is 6.20 Å². The molecule has 1 aromatic carbocycles. The summed E-state index contributed by atoms with van der Waals surface area (Å²) in [5, 5.41) is 22.6. The number of aromatic nitrogens is 3. The Balaban J connectivity index is 2.14. The van der Waals surface area contributed by atoms with Crippen molar-refractivity contribution in [1.82, 2.24) is 15.2 Å². The number of nitrogens with zero attached hydrogens (tertiary/aromatic N) is 4. The van der Waals surface area contributed by atoms with Gasteiger partial charge in [0.25, 0.3) is 0 Å². The highest BCUT2D eigenvalue weighted by Crippen LogP contribution is 2.14. The molecule has 2 rings (SSSR count). The van der Waals surface area contributed by atoms with Crippen LogP contribution in [0.1, 0.15) is 5.56 Å². The van der Waals surface area contributed by atoms with Gasteiger partial charge in [0.05, 0.1) is 17.8 Å². The van der Waals surface area contributed by atoms with E-state index in [1.807, 2.05) is 6.07 Å². The second-order valence-electron chi connectivity index (χ2n) is 3.65. The zero-order valence-electron chi connectivity index (χ0n) is 10.2. The fourth-order valence-electron chi connectivity index (χ4n) is 1.41. The first-order valence-corrected chi connectivity index (χ1v) is 5.63. The van der Waals surface area contributed by atoms with E-state index in [0.717, 1.165) is 5.69 Å². The summed E-state index contributed by atoms with van der Waals surface area (Å²) in [6, 6.07) is 9.13. The van der Waals surface area contributed by atoms with E-state index < -0.39 is 0 Å². The second-order valence-corrected chi connectivity index (χ2v) is 3.65. The van der Waals surface area contributed by atoms with E-state index in [-0.39, 0.29) is 0 Å². The summed E-state index contributed by atoms with van der Waals surface area (Å²) < 4.78 is 0. The molecule has 0 saturated heterocycles. The number of hydrogen-bond donors (Lipinski definition) is 2. The van der Waals surface area contributed by atoms with Gasteiger partial charge in [-0.1, -0.05) is 12.1 Å². The van der Waals surface area contributed by atoms with Gasteiger partial charge in [-0.3, -0.25) is 0 Å². The third-order valence-electron chi connectivity index (χ3n) is 2.23. The Bertz CT molecular complexity index is 617.